The van der Waals surface area contributed by atoms with Gasteiger partial charge in [0.05, 0.1) is 6.54 Å². The minimum Gasteiger partial charge on any atom is -0.480 e. The molecule has 0 unspecified atom stereocenters. The van der Waals surface area contributed by atoms with E-state index in [0.29, 0.717) is 12.1 Å². The van der Waals surface area contributed by atoms with Crippen LogP contribution < -0.4 is 0 Å². The van der Waals surface area contributed by atoms with E-state index in [1.165, 1.54) is 44.9 Å². The highest BCUT2D eigenvalue weighted by Gasteiger charge is 2.33. The summed E-state index contributed by atoms with van der Waals surface area (Å²) in [7, 11) is 0. The van der Waals surface area contributed by atoms with E-state index in [2.05, 4.69) is 4.90 Å². The van der Waals surface area contributed by atoms with Gasteiger partial charge in [-0.05, 0) is 25.7 Å². The van der Waals surface area contributed by atoms with E-state index in [1.54, 1.807) is 0 Å². The topological polar surface area (TPSA) is 40.5 Å². The lowest BCUT2D eigenvalue weighted by atomic mass is 9.90. The Balaban J connectivity index is 1.93. The molecule has 0 saturated heterocycles. The molecule has 0 spiro atoms. The van der Waals surface area contributed by atoms with Gasteiger partial charge in [0.25, 0.3) is 0 Å². The Morgan fingerprint density at radius 1 is 1.07 bits per heavy atom. The summed E-state index contributed by atoms with van der Waals surface area (Å²) < 4.78 is 0. The summed E-state index contributed by atoms with van der Waals surface area (Å²) in [4.78, 5) is 13.0. The first-order valence-electron chi connectivity index (χ1n) is 5.75. The summed E-state index contributed by atoms with van der Waals surface area (Å²) in [6.45, 7) is 0.259. The Bertz CT molecular complexity index is 207. The summed E-state index contributed by atoms with van der Waals surface area (Å²) in [5, 5.41) is 8.87. The van der Waals surface area contributed by atoms with E-state index in [0.717, 1.165) is 0 Å². The third-order valence-corrected chi connectivity index (χ3v) is 3.66. The molecular weight excluding hydrogens is 178 g/mol. The van der Waals surface area contributed by atoms with Crippen molar-refractivity contribution in [2.24, 2.45) is 0 Å². The lowest BCUT2D eigenvalue weighted by Gasteiger charge is -2.40. The number of rotatable bonds is 4. The molecule has 1 N–H and O–H groups in total. The molecule has 80 valence electrons. The second kappa shape index (κ2) is 4.30. The van der Waals surface area contributed by atoms with Crippen molar-refractivity contribution in [2.75, 3.05) is 6.54 Å². The summed E-state index contributed by atoms with van der Waals surface area (Å²) in [6, 6.07) is 1.14. The molecule has 14 heavy (non-hydrogen) atoms. The van der Waals surface area contributed by atoms with Crippen LogP contribution in [0.1, 0.15) is 44.9 Å². The van der Waals surface area contributed by atoms with Crippen molar-refractivity contribution in [3.05, 3.63) is 0 Å². The third kappa shape index (κ3) is 2.08. The molecule has 0 aromatic heterocycles. The van der Waals surface area contributed by atoms with Gasteiger partial charge in [-0.2, -0.15) is 0 Å². The van der Waals surface area contributed by atoms with Gasteiger partial charge in [0.2, 0.25) is 0 Å². The highest BCUT2D eigenvalue weighted by molar-refractivity contribution is 5.69. The molecule has 2 fully saturated rings. The number of carboxylic acids is 1. The Kier molecular flexibility index (Phi) is 3.06. The Morgan fingerprint density at radius 3 is 1.93 bits per heavy atom. The number of nitrogens with zero attached hydrogens (tertiary/aromatic N) is 1. The molecule has 2 aliphatic carbocycles. The second-order valence-electron chi connectivity index (χ2n) is 4.59. The van der Waals surface area contributed by atoms with Gasteiger partial charge in [0.15, 0.2) is 0 Å². The van der Waals surface area contributed by atoms with E-state index in [9.17, 15) is 4.79 Å². The van der Waals surface area contributed by atoms with Crippen LogP contribution in [0, 0.1) is 0 Å². The van der Waals surface area contributed by atoms with Gasteiger partial charge in [0, 0.05) is 12.1 Å². The number of carboxylic acid groups (broad SMARTS) is 1. The largest absolute Gasteiger partial charge is 0.480 e. The first-order chi connectivity index (χ1) is 6.77. The molecule has 3 heteroatoms. The molecule has 0 radical (unpaired) electrons. The lowest BCUT2D eigenvalue weighted by molar-refractivity contribution is -0.140. The maximum atomic E-state index is 10.8. The number of hydrogen-bond acceptors (Lipinski definition) is 2. The Hall–Kier alpha value is -0.570. The highest BCUT2D eigenvalue weighted by Crippen LogP contribution is 2.32. The predicted octanol–water partition coefficient (Wildman–Crippen LogP) is 1.87. The lowest BCUT2D eigenvalue weighted by Crippen LogP contribution is -2.48. The number of hydrogen-bond donors (Lipinski definition) is 1. The average Bonchev–Trinajstić information content (AvgIpc) is 2.49. The van der Waals surface area contributed by atoms with Gasteiger partial charge in [-0.25, -0.2) is 0 Å². The van der Waals surface area contributed by atoms with Gasteiger partial charge in [-0.3, -0.25) is 9.69 Å². The maximum Gasteiger partial charge on any atom is 0.317 e. The van der Waals surface area contributed by atoms with E-state index in [4.69, 9.17) is 5.11 Å². The van der Waals surface area contributed by atoms with Crippen LogP contribution in [-0.2, 0) is 4.79 Å². The van der Waals surface area contributed by atoms with Gasteiger partial charge < -0.3 is 5.11 Å². The van der Waals surface area contributed by atoms with Gasteiger partial charge in [-0.15, -0.1) is 0 Å². The standard InChI is InChI=1S/C11H19NO2/c13-11(14)8-12(10-6-3-7-10)9-4-1-2-5-9/h9-10H,1-8H2,(H,13,14). The van der Waals surface area contributed by atoms with E-state index >= 15 is 0 Å². The molecule has 0 amide bonds. The van der Waals surface area contributed by atoms with Gasteiger partial charge in [-0.1, -0.05) is 19.3 Å². The van der Waals surface area contributed by atoms with Crippen LogP contribution in [0.5, 0.6) is 0 Å². The first-order valence-corrected chi connectivity index (χ1v) is 5.75. The van der Waals surface area contributed by atoms with Crippen molar-refractivity contribution in [2.45, 2.75) is 57.0 Å². The molecule has 0 aromatic carbocycles. The van der Waals surface area contributed by atoms with Crippen molar-refractivity contribution in [1.82, 2.24) is 4.90 Å². The fourth-order valence-electron chi connectivity index (χ4n) is 2.67. The average molecular weight is 197 g/mol. The molecule has 0 aromatic rings. The van der Waals surface area contributed by atoms with Crippen LogP contribution in [0.3, 0.4) is 0 Å². The fraction of sp³-hybridized carbons (Fsp3) is 0.909. The van der Waals surface area contributed by atoms with Crippen molar-refractivity contribution in [3.63, 3.8) is 0 Å². The van der Waals surface area contributed by atoms with Crippen LogP contribution in [0.25, 0.3) is 0 Å². The molecule has 0 aliphatic heterocycles. The monoisotopic (exact) mass is 197 g/mol. The van der Waals surface area contributed by atoms with Crippen molar-refractivity contribution in [1.29, 1.82) is 0 Å². The van der Waals surface area contributed by atoms with Crippen LogP contribution >= 0.6 is 0 Å². The third-order valence-electron chi connectivity index (χ3n) is 3.66. The van der Waals surface area contributed by atoms with Gasteiger partial charge >= 0.3 is 5.97 Å². The predicted molar refractivity (Wildman–Crippen MR) is 54.2 cm³/mol. The maximum absolute atomic E-state index is 10.8. The van der Waals surface area contributed by atoms with Crippen LogP contribution in [-0.4, -0.2) is 34.6 Å². The Morgan fingerprint density at radius 2 is 1.57 bits per heavy atom. The van der Waals surface area contributed by atoms with Crippen molar-refractivity contribution < 1.29 is 9.90 Å². The molecule has 0 bridgehead atoms. The zero-order valence-electron chi connectivity index (χ0n) is 8.61. The molecule has 0 heterocycles. The molecule has 2 rings (SSSR count). The highest BCUT2D eigenvalue weighted by atomic mass is 16.4. The summed E-state index contributed by atoms with van der Waals surface area (Å²) >= 11 is 0. The summed E-state index contributed by atoms with van der Waals surface area (Å²) in [5.74, 6) is -0.663. The number of carbonyl (C=O) groups is 1. The quantitative estimate of drug-likeness (QED) is 0.748. The summed E-state index contributed by atoms with van der Waals surface area (Å²) in [6.07, 6.45) is 8.70. The molecule has 3 nitrogen and oxygen atoms in total. The molecule has 0 atom stereocenters. The van der Waals surface area contributed by atoms with Crippen molar-refractivity contribution >= 4 is 5.97 Å². The van der Waals surface area contributed by atoms with Gasteiger partial charge in [0.1, 0.15) is 0 Å². The normalized spacial score (nSPS) is 24.1. The number of aliphatic carboxylic acids is 1. The van der Waals surface area contributed by atoms with E-state index in [1.807, 2.05) is 0 Å². The van der Waals surface area contributed by atoms with E-state index < -0.39 is 5.97 Å². The Labute approximate surface area is 85.1 Å². The SMILES string of the molecule is O=C(O)CN(C1CCCC1)C1CCC1. The second-order valence-corrected chi connectivity index (χ2v) is 4.59. The van der Waals surface area contributed by atoms with Crippen LogP contribution in [0.15, 0.2) is 0 Å². The van der Waals surface area contributed by atoms with Crippen LogP contribution in [0.2, 0.25) is 0 Å². The zero-order chi connectivity index (χ0) is 9.97. The van der Waals surface area contributed by atoms with Crippen LogP contribution in [0.4, 0.5) is 0 Å². The molecule has 2 saturated carbocycles. The summed E-state index contributed by atoms with van der Waals surface area (Å²) in [5.41, 5.74) is 0. The minimum absolute atomic E-state index is 0.259. The molecular formula is C11H19NO2. The van der Waals surface area contributed by atoms with Crippen molar-refractivity contribution in [3.8, 4) is 0 Å². The molecule has 2 aliphatic rings. The smallest absolute Gasteiger partial charge is 0.317 e. The van der Waals surface area contributed by atoms with E-state index in [-0.39, 0.29) is 6.54 Å². The first kappa shape index (κ1) is 9.97. The fourth-order valence-corrected chi connectivity index (χ4v) is 2.67. The minimum atomic E-state index is -0.663. The zero-order valence-corrected chi connectivity index (χ0v) is 8.61.